The van der Waals surface area contributed by atoms with Crippen molar-refractivity contribution in [1.82, 2.24) is 14.9 Å². The molecule has 0 bridgehead atoms. The van der Waals surface area contributed by atoms with Gasteiger partial charge in [0, 0.05) is 12.6 Å². The fourth-order valence-electron chi connectivity index (χ4n) is 1.63. The number of aromatic nitrogens is 2. The molecule has 0 saturated heterocycles. The van der Waals surface area contributed by atoms with Gasteiger partial charge < -0.3 is 15.2 Å². The summed E-state index contributed by atoms with van der Waals surface area (Å²) >= 11 is 2.01. The highest BCUT2D eigenvalue weighted by Crippen LogP contribution is 2.10. The number of halogens is 1. The van der Waals surface area contributed by atoms with Gasteiger partial charge in [0.2, 0.25) is 0 Å². The van der Waals surface area contributed by atoms with E-state index in [2.05, 4.69) is 41.0 Å². The fourth-order valence-corrected chi connectivity index (χ4v) is 2.08. The van der Waals surface area contributed by atoms with Crippen molar-refractivity contribution in [1.29, 1.82) is 0 Å². The summed E-state index contributed by atoms with van der Waals surface area (Å²) in [6, 6.07) is 0.262. The van der Waals surface area contributed by atoms with Crippen LogP contribution in [0.4, 0.5) is 5.82 Å². The Balaban J connectivity index is 2.65. The molecule has 96 valence electrons. The Morgan fingerprint density at radius 3 is 2.76 bits per heavy atom. The minimum absolute atomic E-state index is 0.0989. The van der Waals surface area contributed by atoms with Crippen LogP contribution in [0.15, 0.2) is 11.1 Å². The molecule has 0 fully saturated rings. The standard InChI is InChI=1S/C11H19IN4O/c1-4-16(5-2)6-8(3)15-10-9(12)11(17)14-7-13-10/h7-8H,4-6H2,1-3H3,(H2,13,14,15,17). The molecule has 17 heavy (non-hydrogen) atoms. The number of nitrogens with one attached hydrogen (secondary N) is 2. The number of H-pyrrole nitrogens is 1. The lowest BCUT2D eigenvalue weighted by molar-refractivity contribution is 0.294. The van der Waals surface area contributed by atoms with Crippen molar-refractivity contribution < 1.29 is 0 Å². The molecule has 0 saturated carbocycles. The number of aromatic amines is 1. The summed E-state index contributed by atoms with van der Waals surface area (Å²) in [5.41, 5.74) is -0.0989. The smallest absolute Gasteiger partial charge is 0.266 e. The molecule has 0 amide bonds. The molecule has 1 aromatic heterocycles. The zero-order valence-electron chi connectivity index (χ0n) is 10.5. The van der Waals surface area contributed by atoms with Gasteiger partial charge in [0.15, 0.2) is 0 Å². The van der Waals surface area contributed by atoms with Gasteiger partial charge >= 0.3 is 0 Å². The van der Waals surface area contributed by atoms with Gasteiger partial charge in [-0.3, -0.25) is 4.79 Å². The second kappa shape index (κ2) is 6.95. The van der Waals surface area contributed by atoms with Crippen LogP contribution in [0.25, 0.3) is 0 Å². The number of nitrogens with zero attached hydrogens (tertiary/aromatic N) is 2. The van der Waals surface area contributed by atoms with Crippen LogP contribution in [0.1, 0.15) is 20.8 Å². The summed E-state index contributed by atoms with van der Waals surface area (Å²) in [7, 11) is 0. The van der Waals surface area contributed by atoms with Crippen LogP contribution in [0, 0.1) is 3.57 Å². The molecule has 0 spiro atoms. The van der Waals surface area contributed by atoms with Crippen LogP contribution in [-0.4, -0.2) is 40.5 Å². The van der Waals surface area contributed by atoms with Gasteiger partial charge in [-0.1, -0.05) is 13.8 Å². The minimum Gasteiger partial charge on any atom is -0.365 e. The molecule has 1 aromatic rings. The maximum Gasteiger partial charge on any atom is 0.266 e. The van der Waals surface area contributed by atoms with Gasteiger partial charge in [0.25, 0.3) is 5.56 Å². The highest BCUT2D eigenvalue weighted by molar-refractivity contribution is 14.1. The van der Waals surface area contributed by atoms with E-state index in [0.717, 1.165) is 19.6 Å². The Labute approximate surface area is 115 Å². The molecule has 0 aliphatic carbocycles. The van der Waals surface area contributed by atoms with Crippen molar-refractivity contribution in [2.45, 2.75) is 26.8 Å². The third-order valence-electron chi connectivity index (χ3n) is 2.61. The summed E-state index contributed by atoms with van der Waals surface area (Å²) in [4.78, 5) is 20.4. The zero-order chi connectivity index (χ0) is 12.8. The minimum atomic E-state index is -0.0989. The first-order valence-electron chi connectivity index (χ1n) is 5.80. The molecule has 1 rings (SSSR count). The lowest BCUT2D eigenvalue weighted by Gasteiger charge is -2.23. The first kappa shape index (κ1) is 14.4. The predicted molar refractivity (Wildman–Crippen MR) is 78.4 cm³/mol. The maximum atomic E-state index is 11.4. The van der Waals surface area contributed by atoms with E-state index in [4.69, 9.17) is 0 Å². The van der Waals surface area contributed by atoms with Crippen molar-refractivity contribution in [3.05, 3.63) is 20.3 Å². The van der Waals surface area contributed by atoms with E-state index in [9.17, 15) is 4.79 Å². The highest BCUT2D eigenvalue weighted by atomic mass is 127. The van der Waals surface area contributed by atoms with Gasteiger partial charge in [0.05, 0.1) is 6.33 Å². The lowest BCUT2D eigenvalue weighted by atomic mass is 10.3. The van der Waals surface area contributed by atoms with Crippen molar-refractivity contribution in [3.8, 4) is 0 Å². The van der Waals surface area contributed by atoms with Gasteiger partial charge in [-0.2, -0.15) is 0 Å². The van der Waals surface area contributed by atoms with E-state index < -0.39 is 0 Å². The van der Waals surface area contributed by atoms with Gasteiger partial charge in [-0.05, 0) is 42.6 Å². The first-order valence-corrected chi connectivity index (χ1v) is 6.88. The average molecular weight is 350 g/mol. The molecule has 0 aliphatic heterocycles. The molecule has 1 atom stereocenters. The molecule has 0 radical (unpaired) electrons. The molecule has 0 aromatic carbocycles. The normalized spacial score (nSPS) is 12.8. The van der Waals surface area contributed by atoms with Crippen LogP contribution in [-0.2, 0) is 0 Å². The van der Waals surface area contributed by atoms with E-state index in [1.165, 1.54) is 6.33 Å². The maximum absolute atomic E-state index is 11.4. The topological polar surface area (TPSA) is 61.0 Å². The van der Waals surface area contributed by atoms with Crippen molar-refractivity contribution in [3.63, 3.8) is 0 Å². The fraction of sp³-hybridized carbons (Fsp3) is 0.636. The number of anilines is 1. The quantitative estimate of drug-likeness (QED) is 0.764. The van der Waals surface area contributed by atoms with Gasteiger partial charge in [0.1, 0.15) is 9.39 Å². The SMILES string of the molecule is CCN(CC)CC(C)Nc1nc[nH]c(=O)c1I. The Hall–Kier alpha value is -0.630. The first-order chi connectivity index (χ1) is 8.08. The average Bonchev–Trinajstić information content (AvgIpc) is 2.32. The summed E-state index contributed by atoms with van der Waals surface area (Å²) < 4.78 is 0.608. The Morgan fingerprint density at radius 1 is 1.53 bits per heavy atom. The molecule has 1 heterocycles. The summed E-state index contributed by atoms with van der Waals surface area (Å²) in [5.74, 6) is 0.661. The highest BCUT2D eigenvalue weighted by Gasteiger charge is 2.10. The lowest BCUT2D eigenvalue weighted by Crippen LogP contribution is -2.35. The Bertz CT molecular complexity index is 403. The zero-order valence-corrected chi connectivity index (χ0v) is 12.6. The van der Waals surface area contributed by atoms with E-state index >= 15 is 0 Å². The summed E-state index contributed by atoms with van der Waals surface area (Å²) in [6.45, 7) is 9.39. The summed E-state index contributed by atoms with van der Waals surface area (Å²) in [6.07, 6.45) is 1.43. The molecule has 0 aliphatic rings. The molecule has 2 N–H and O–H groups in total. The van der Waals surface area contributed by atoms with Gasteiger partial charge in [-0.15, -0.1) is 0 Å². The van der Waals surface area contributed by atoms with Crippen LogP contribution in [0.5, 0.6) is 0 Å². The number of hydrogen-bond acceptors (Lipinski definition) is 4. The van der Waals surface area contributed by atoms with E-state index in [1.54, 1.807) is 0 Å². The third kappa shape index (κ3) is 4.27. The van der Waals surface area contributed by atoms with Crippen LogP contribution in [0.3, 0.4) is 0 Å². The largest absolute Gasteiger partial charge is 0.365 e. The molecular weight excluding hydrogens is 331 g/mol. The third-order valence-corrected chi connectivity index (χ3v) is 3.61. The molecule has 1 unspecified atom stereocenters. The number of rotatable bonds is 6. The second-order valence-electron chi connectivity index (χ2n) is 3.93. The number of likely N-dealkylation sites (N-methyl/N-ethyl adjacent to an activating group) is 1. The number of hydrogen-bond donors (Lipinski definition) is 2. The summed E-state index contributed by atoms with van der Waals surface area (Å²) in [5, 5.41) is 3.27. The monoisotopic (exact) mass is 350 g/mol. The van der Waals surface area contributed by atoms with Crippen molar-refractivity contribution in [2.24, 2.45) is 0 Å². The van der Waals surface area contributed by atoms with Crippen LogP contribution in [0.2, 0.25) is 0 Å². The van der Waals surface area contributed by atoms with Crippen LogP contribution < -0.4 is 10.9 Å². The second-order valence-corrected chi connectivity index (χ2v) is 5.00. The molecule has 5 nitrogen and oxygen atoms in total. The Kier molecular flexibility index (Phi) is 5.90. The van der Waals surface area contributed by atoms with Crippen molar-refractivity contribution in [2.75, 3.05) is 25.0 Å². The van der Waals surface area contributed by atoms with E-state index in [0.29, 0.717) is 9.39 Å². The van der Waals surface area contributed by atoms with Crippen molar-refractivity contribution >= 4 is 28.4 Å². The molecule has 6 heteroatoms. The van der Waals surface area contributed by atoms with E-state index in [1.807, 2.05) is 22.6 Å². The predicted octanol–water partition coefficient (Wildman–Crippen LogP) is 1.52. The molecular formula is C11H19IN4O. The van der Waals surface area contributed by atoms with E-state index in [-0.39, 0.29) is 11.6 Å². The Morgan fingerprint density at radius 2 is 2.18 bits per heavy atom. The van der Waals surface area contributed by atoms with Crippen LogP contribution >= 0.6 is 22.6 Å². The van der Waals surface area contributed by atoms with Gasteiger partial charge in [-0.25, -0.2) is 4.98 Å².